The van der Waals surface area contributed by atoms with Crippen LogP contribution in [-0.2, 0) is 0 Å². The van der Waals surface area contributed by atoms with Gasteiger partial charge >= 0.3 is 5.97 Å². The number of nitrogens with zero attached hydrogens (tertiary/aromatic N) is 3. The lowest BCUT2D eigenvalue weighted by molar-refractivity contribution is 0.0690. The maximum absolute atomic E-state index is 10.8. The van der Waals surface area contributed by atoms with Gasteiger partial charge in [0, 0.05) is 26.2 Å². The van der Waals surface area contributed by atoms with Crippen molar-refractivity contribution in [3.63, 3.8) is 0 Å². The van der Waals surface area contributed by atoms with Gasteiger partial charge in [0.15, 0.2) is 5.69 Å². The molecule has 1 aliphatic rings. The van der Waals surface area contributed by atoms with Gasteiger partial charge in [-0.2, -0.15) is 0 Å². The fourth-order valence-corrected chi connectivity index (χ4v) is 1.70. The number of aromatic carboxylic acids is 1. The molecule has 1 aliphatic heterocycles. The Labute approximate surface area is 99.8 Å². The van der Waals surface area contributed by atoms with Crippen LogP contribution < -0.4 is 5.43 Å². The van der Waals surface area contributed by atoms with Gasteiger partial charge in [-0.3, -0.25) is 0 Å². The highest BCUT2D eigenvalue weighted by atomic mass is 16.4. The number of nitrogens with one attached hydrogen (secondary N) is 1. The van der Waals surface area contributed by atoms with E-state index in [1.807, 2.05) is 5.01 Å². The Hall–Kier alpha value is -1.66. The molecule has 0 bridgehead atoms. The van der Waals surface area contributed by atoms with E-state index in [2.05, 4.69) is 22.4 Å². The number of carboxylic acid groups (broad SMARTS) is 1. The van der Waals surface area contributed by atoms with Crippen molar-refractivity contribution in [2.45, 2.75) is 0 Å². The van der Waals surface area contributed by atoms with Crippen molar-refractivity contribution >= 4 is 11.8 Å². The molecular weight excluding hydrogens is 220 g/mol. The zero-order chi connectivity index (χ0) is 12.3. The van der Waals surface area contributed by atoms with Crippen LogP contribution in [0.1, 0.15) is 10.5 Å². The Morgan fingerprint density at radius 2 is 2.06 bits per heavy atom. The van der Waals surface area contributed by atoms with Crippen LogP contribution in [0.25, 0.3) is 0 Å². The van der Waals surface area contributed by atoms with Crippen molar-refractivity contribution in [3.05, 3.63) is 23.9 Å². The van der Waals surface area contributed by atoms with Crippen LogP contribution in [0, 0.1) is 0 Å². The minimum atomic E-state index is -1.01. The third-order valence-electron chi connectivity index (χ3n) is 2.74. The number of aromatic nitrogens is 1. The summed E-state index contributed by atoms with van der Waals surface area (Å²) in [6, 6.07) is 4.94. The quantitative estimate of drug-likeness (QED) is 0.789. The summed E-state index contributed by atoms with van der Waals surface area (Å²) in [6.45, 7) is 3.78. The van der Waals surface area contributed by atoms with Gasteiger partial charge in [0.2, 0.25) is 0 Å². The second kappa shape index (κ2) is 5.11. The molecule has 6 nitrogen and oxygen atoms in total. The van der Waals surface area contributed by atoms with Gasteiger partial charge in [-0.1, -0.05) is 6.07 Å². The molecule has 2 N–H and O–H groups in total. The first-order chi connectivity index (χ1) is 8.15. The number of pyridine rings is 1. The van der Waals surface area contributed by atoms with Crippen LogP contribution in [0.4, 0.5) is 5.82 Å². The SMILES string of the molecule is CN1CCN(Nc2cccc(C(=O)O)n2)CC1. The van der Waals surface area contributed by atoms with E-state index in [1.54, 1.807) is 12.1 Å². The van der Waals surface area contributed by atoms with Crippen molar-refractivity contribution in [1.29, 1.82) is 0 Å². The van der Waals surface area contributed by atoms with Crippen molar-refractivity contribution in [2.24, 2.45) is 0 Å². The van der Waals surface area contributed by atoms with Gasteiger partial charge in [-0.15, -0.1) is 0 Å². The zero-order valence-electron chi connectivity index (χ0n) is 9.76. The van der Waals surface area contributed by atoms with Crippen molar-refractivity contribution in [3.8, 4) is 0 Å². The van der Waals surface area contributed by atoms with Crippen LogP contribution in [0.3, 0.4) is 0 Å². The smallest absolute Gasteiger partial charge is 0.354 e. The van der Waals surface area contributed by atoms with E-state index >= 15 is 0 Å². The third-order valence-corrected chi connectivity index (χ3v) is 2.74. The molecule has 0 aromatic carbocycles. The van der Waals surface area contributed by atoms with E-state index in [0.29, 0.717) is 5.82 Å². The molecule has 92 valence electrons. The van der Waals surface area contributed by atoms with Gasteiger partial charge in [0.05, 0.1) is 0 Å². The Morgan fingerprint density at radius 1 is 1.35 bits per heavy atom. The highest BCUT2D eigenvalue weighted by Gasteiger charge is 2.14. The fraction of sp³-hybridized carbons (Fsp3) is 0.455. The van der Waals surface area contributed by atoms with Crippen molar-refractivity contribution < 1.29 is 9.90 Å². The van der Waals surface area contributed by atoms with E-state index < -0.39 is 5.97 Å². The summed E-state index contributed by atoms with van der Waals surface area (Å²) in [5.41, 5.74) is 3.19. The number of likely N-dealkylation sites (N-methyl/N-ethyl adjacent to an activating group) is 1. The van der Waals surface area contributed by atoms with Gasteiger partial charge in [0.1, 0.15) is 5.82 Å². The number of hydrogen-bond acceptors (Lipinski definition) is 5. The van der Waals surface area contributed by atoms with Gasteiger partial charge in [-0.25, -0.2) is 14.8 Å². The molecule has 0 saturated carbocycles. The average molecular weight is 236 g/mol. The maximum Gasteiger partial charge on any atom is 0.354 e. The van der Waals surface area contributed by atoms with E-state index in [1.165, 1.54) is 6.07 Å². The molecule has 1 aromatic rings. The number of carbonyl (C=O) groups is 1. The first-order valence-electron chi connectivity index (χ1n) is 5.55. The lowest BCUT2D eigenvalue weighted by atomic mass is 10.3. The second-order valence-corrected chi connectivity index (χ2v) is 4.12. The van der Waals surface area contributed by atoms with E-state index in [-0.39, 0.29) is 5.69 Å². The summed E-state index contributed by atoms with van der Waals surface area (Å²) in [5.74, 6) is -0.429. The lowest BCUT2D eigenvalue weighted by Crippen LogP contribution is -2.47. The number of piperazine rings is 1. The summed E-state index contributed by atoms with van der Waals surface area (Å²) in [4.78, 5) is 17.0. The highest BCUT2D eigenvalue weighted by molar-refractivity contribution is 5.85. The molecule has 0 atom stereocenters. The molecule has 0 amide bonds. The largest absolute Gasteiger partial charge is 0.477 e. The van der Waals surface area contributed by atoms with E-state index in [0.717, 1.165) is 26.2 Å². The molecule has 0 unspecified atom stereocenters. The Kier molecular flexibility index (Phi) is 3.55. The van der Waals surface area contributed by atoms with Crippen LogP contribution in [0.5, 0.6) is 0 Å². The Morgan fingerprint density at radius 3 is 2.71 bits per heavy atom. The molecule has 1 fully saturated rings. The number of hydrazine groups is 1. The van der Waals surface area contributed by atoms with Gasteiger partial charge in [0.25, 0.3) is 0 Å². The summed E-state index contributed by atoms with van der Waals surface area (Å²) in [7, 11) is 2.08. The molecule has 1 saturated heterocycles. The van der Waals surface area contributed by atoms with Gasteiger partial charge in [-0.05, 0) is 19.2 Å². The highest BCUT2D eigenvalue weighted by Crippen LogP contribution is 2.07. The summed E-state index contributed by atoms with van der Waals surface area (Å²) < 4.78 is 0. The molecule has 6 heteroatoms. The zero-order valence-corrected chi connectivity index (χ0v) is 9.76. The lowest BCUT2D eigenvalue weighted by Gasteiger charge is -2.32. The Balaban J connectivity index is 1.98. The summed E-state index contributed by atoms with van der Waals surface area (Å²) in [5, 5.41) is 10.9. The number of carboxylic acids is 1. The predicted octanol–water partition coefficient (Wildman–Crippen LogP) is 0.354. The fourth-order valence-electron chi connectivity index (χ4n) is 1.70. The molecule has 0 radical (unpaired) electrons. The van der Waals surface area contributed by atoms with Crippen molar-refractivity contribution in [1.82, 2.24) is 14.9 Å². The third kappa shape index (κ3) is 3.15. The topological polar surface area (TPSA) is 68.7 Å². The minimum Gasteiger partial charge on any atom is -0.477 e. The van der Waals surface area contributed by atoms with Crippen LogP contribution in [0.2, 0.25) is 0 Å². The number of hydrogen-bond donors (Lipinski definition) is 2. The Bertz CT molecular complexity index is 402. The standard InChI is InChI=1S/C11H16N4O2/c1-14-5-7-15(8-6-14)13-10-4-2-3-9(12-10)11(16)17/h2-4H,5-8H2,1H3,(H,12,13)(H,16,17). The van der Waals surface area contributed by atoms with Crippen molar-refractivity contribution in [2.75, 3.05) is 38.7 Å². The maximum atomic E-state index is 10.8. The molecule has 0 aliphatic carbocycles. The first kappa shape index (κ1) is 11.8. The van der Waals surface area contributed by atoms with E-state index in [4.69, 9.17) is 5.11 Å². The normalized spacial score (nSPS) is 17.9. The molecule has 1 aromatic heterocycles. The first-order valence-corrected chi connectivity index (χ1v) is 5.55. The number of anilines is 1. The average Bonchev–Trinajstić information content (AvgIpc) is 2.32. The molecule has 2 rings (SSSR count). The predicted molar refractivity (Wildman–Crippen MR) is 63.9 cm³/mol. The molecule has 0 spiro atoms. The van der Waals surface area contributed by atoms with Crippen LogP contribution in [0.15, 0.2) is 18.2 Å². The van der Waals surface area contributed by atoms with Crippen LogP contribution in [-0.4, -0.2) is 59.2 Å². The molecule has 2 heterocycles. The number of rotatable bonds is 3. The molecule has 17 heavy (non-hydrogen) atoms. The van der Waals surface area contributed by atoms with E-state index in [9.17, 15) is 4.79 Å². The minimum absolute atomic E-state index is 0.0594. The molecular formula is C11H16N4O2. The summed E-state index contributed by atoms with van der Waals surface area (Å²) >= 11 is 0. The van der Waals surface area contributed by atoms with Gasteiger partial charge < -0.3 is 15.4 Å². The second-order valence-electron chi connectivity index (χ2n) is 4.12. The summed E-state index contributed by atoms with van der Waals surface area (Å²) in [6.07, 6.45) is 0. The monoisotopic (exact) mass is 236 g/mol. The van der Waals surface area contributed by atoms with Crippen LogP contribution >= 0.6 is 0 Å².